The zero-order valence-electron chi connectivity index (χ0n) is 12.0. The van der Waals surface area contributed by atoms with Gasteiger partial charge in [0.15, 0.2) is 0 Å². The number of rotatable bonds is 9. The van der Waals surface area contributed by atoms with Crippen LogP contribution in [0.5, 0.6) is 0 Å². The molecular weight excluding hydrogens is 264 g/mol. The molecule has 0 saturated carbocycles. The van der Waals surface area contributed by atoms with Crippen molar-refractivity contribution in [2.24, 2.45) is 0 Å². The van der Waals surface area contributed by atoms with Crippen LogP contribution < -0.4 is 10.2 Å². The average molecular weight is 284 g/mol. The Balaban J connectivity index is 3.09. The first-order valence-electron chi connectivity index (χ1n) is 6.20. The summed E-state index contributed by atoms with van der Waals surface area (Å²) >= 11 is 0. The minimum atomic E-state index is -0.436. The van der Waals surface area contributed by atoms with E-state index in [1.165, 1.54) is 6.07 Å². The second-order valence-electron chi connectivity index (χ2n) is 4.02. The summed E-state index contributed by atoms with van der Waals surface area (Å²) in [4.78, 5) is 16.8. The topological polar surface area (TPSA) is 89.8 Å². The number of aromatic nitrogens is 1. The summed E-state index contributed by atoms with van der Waals surface area (Å²) in [5.41, 5.74) is -0.0313. The third-order valence-electron chi connectivity index (χ3n) is 2.74. The lowest BCUT2D eigenvalue weighted by Gasteiger charge is -2.23. The van der Waals surface area contributed by atoms with Gasteiger partial charge >= 0.3 is 5.69 Å². The number of hydrogen-bond acceptors (Lipinski definition) is 7. The maximum Gasteiger partial charge on any atom is 0.311 e. The maximum absolute atomic E-state index is 11.1. The predicted molar refractivity (Wildman–Crippen MR) is 76.4 cm³/mol. The molecule has 8 heteroatoms. The molecule has 1 rings (SSSR count). The first-order chi connectivity index (χ1) is 9.63. The number of nitrogens with zero attached hydrogens (tertiary/aromatic N) is 3. The van der Waals surface area contributed by atoms with E-state index in [1.54, 1.807) is 32.2 Å². The van der Waals surface area contributed by atoms with E-state index in [9.17, 15) is 10.1 Å². The maximum atomic E-state index is 11.1. The summed E-state index contributed by atoms with van der Waals surface area (Å²) in [6, 6.07) is 3.02. The molecule has 1 aromatic rings. The van der Waals surface area contributed by atoms with Crippen LogP contribution in [0.15, 0.2) is 12.1 Å². The van der Waals surface area contributed by atoms with Crippen LogP contribution in [0.2, 0.25) is 0 Å². The highest BCUT2D eigenvalue weighted by atomic mass is 16.6. The van der Waals surface area contributed by atoms with Crippen LogP contribution in [-0.4, -0.2) is 57.5 Å². The van der Waals surface area contributed by atoms with Gasteiger partial charge < -0.3 is 19.7 Å². The number of hydrogen-bond donors (Lipinski definition) is 1. The fourth-order valence-electron chi connectivity index (χ4n) is 1.68. The van der Waals surface area contributed by atoms with Crippen molar-refractivity contribution in [3.8, 4) is 0 Å². The van der Waals surface area contributed by atoms with E-state index in [2.05, 4.69) is 10.3 Å². The first kappa shape index (κ1) is 16.1. The zero-order valence-corrected chi connectivity index (χ0v) is 12.0. The Morgan fingerprint density at radius 1 is 1.30 bits per heavy atom. The van der Waals surface area contributed by atoms with Crippen molar-refractivity contribution in [2.45, 2.75) is 0 Å². The summed E-state index contributed by atoms with van der Waals surface area (Å²) in [6.07, 6.45) is 0. The van der Waals surface area contributed by atoms with E-state index in [0.29, 0.717) is 37.9 Å². The lowest BCUT2D eigenvalue weighted by Crippen LogP contribution is -2.32. The molecule has 1 heterocycles. The molecule has 20 heavy (non-hydrogen) atoms. The Morgan fingerprint density at radius 3 is 2.35 bits per heavy atom. The van der Waals surface area contributed by atoms with Crippen LogP contribution >= 0.6 is 0 Å². The second-order valence-corrected chi connectivity index (χ2v) is 4.02. The highest BCUT2D eigenvalue weighted by molar-refractivity contribution is 5.61. The number of methoxy groups -OCH3 is 2. The molecule has 0 aliphatic carbocycles. The van der Waals surface area contributed by atoms with E-state index in [1.807, 2.05) is 0 Å². The van der Waals surface area contributed by atoms with Crippen molar-refractivity contribution in [2.75, 3.05) is 57.8 Å². The monoisotopic (exact) mass is 284 g/mol. The molecule has 0 atom stereocenters. The van der Waals surface area contributed by atoms with Crippen LogP contribution in [0.4, 0.5) is 17.3 Å². The molecular formula is C12H20N4O4. The normalized spacial score (nSPS) is 10.3. The van der Waals surface area contributed by atoms with Gasteiger partial charge in [-0.05, 0) is 6.07 Å². The molecule has 0 unspecified atom stereocenters. The minimum absolute atomic E-state index is 0.0313. The Bertz CT molecular complexity index is 433. The van der Waals surface area contributed by atoms with Gasteiger partial charge in [-0.1, -0.05) is 0 Å². The Kier molecular flexibility index (Phi) is 6.68. The van der Waals surface area contributed by atoms with E-state index in [-0.39, 0.29) is 5.69 Å². The summed E-state index contributed by atoms with van der Waals surface area (Å²) in [5, 5.41) is 14.0. The molecule has 0 aliphatic rings. The lowest BCUT2D eigenvalue weighted by atomic mass is 10.3. The van der Waals surface area contributed by atoms with Crippen molar-refractivity contribution >= 4 is 17.3 Å². The second kappa shape index (κ2) is 8.28. The molecule has 0 aromatic carbocycles. The van der Waals surface area contributed by atoms with Gasteiger partial charge in [0.25, 0.3) is 0 Å². The minimum Gasteiger partial charge on any atom is -0.383 e. The van der Waals surface area contributed by atoms with Gasteiger partial charge in [-0.2, -0.15) is 0 Å². The van der Waals surface area contributed by atoms with Crippen LogP contribution in [-0.2, 0) is 9.47 Å². The molecule has 1 N–H and O–H groups in total. The SMILES string of the molecule is CNc1ccc([N+](=O)[O-])c(N(CCOC)CCOC)n1. The van der Waals surface area contributed by atoms with Crippen molar-refractivity contribution in [3.63, 3.8) is 0 Å². The van der Waals surface area contributed by atoms with Crippen LogP contribution in [0.3, 0.4) is 0 Å². The Morgan fingerprint density at radius 2 is 1.90 bits per heavy atom. The molecule has 112 valence electrons. The van der Waals surface area contributed by atoms with Crippen molar-refractivity contribution in [3.05, 3.63) is 22.2 Å². The zero-order chi connectivity index (χ0) is 15.0. The molecule has 8 nitrogen and oxygen atoms in total. The molecule has 0 saturated heterocycles. The third-order valence-corrected chi connectivity index (χ3v) is 2.74. The van der Waals surface area contributed by atoms with Gasteiger partial charge in [0.2, 0.25) is 5.82 Å². The average Bonchev–Trinajstić information content (AvgIpc) is 2.46. The Labute approximate surface area is 117 Å². The molecule has 0 radical (unpaired) electrons. The number of ether oxygens (including phenoxy) is 2. The summed E-state index contributed by atoms with van der Waals surface area (Å²) in [6.45, 7) is 1.90. The van der Waals surface area contributed by atoms with Crippen molar-refractivity contribution in [1.82, 2.24) is 4.98 Å². The molecule has 0 aliphatic heterocycles. The molecule has 1 aromatic heterocycles. The van der Waals surface area contributed by atoms with Gasteiger partial charge in [0.1, 0.15) is 5.82 Å². The van der Waals surface area contributed by atoms with Crippen LogP contribution in [0, 0.1) is 10.1 Å². The fraction of sp³-hybridized carbons (Fsp3) is 0.583. The highest BCUT2D eigenvalue weighted by Gasteiger charge is 2.21. The summed E-state index contributed by atoms with van der Waals surface area (Å²) in [5.74, 6) is 0.890. The van der Waals surface area contributed by atoms with E-state index < -0.39 is 4.92 Å². The number of pyridine rings is 1. The van der Waals surface area contributed by atoms with Gasteiger partial charge in [-0.15, -0.1) is 0 Å². The van der Waals surface area contributed by atoms with E-state index in [0.717, 1.165) is 0 Å². The van der Waals surface area contributed by atoms with E-state index >= 15 is 0 Å². The van der Waals surface area contributed by atoms with Gasteiger partial charge in [0.05, 0.1) is 18.1 Å². The Hall–Kier alpha value is -1.93. The standard InChI is InChI=1S/C12H20N4O4/c1-13-11-5-4-10(16(17)18)12(14-11)15(6-8-19-2)7-9-20-3/h4-5H,6-9H2,1-3H3,(H,13,14). The molecule has 0 spiro atoms. The quantitative estimate of drug-likeness (QED) is 0.537. The first-order valence-corrected chi connectivity index (χ1v) is 6.20. The number of anilines is 2. The number of nitro groups is 1. The van der Waals surface area contributed by atoms with Crippen molar-refractivity contribution in [1.29, 1.82) is 0 Å². The van der Waals surface area contributed by atoms with Crippen LogP contribution in [0.25, 0.3) is 0 Å². The highest BCUT2D eigenvalue weighted by Crippen LogP contribution is 2.27. The van der Waals surface area contributed by atoms with Crippen LogP contribution in [0.1, 0.15) is 0 Å². The summed E-state index contributed by atoms with van der Waals surface area (Å²) in [7, 11) is 4.88. The molecule has 0 fully saturated rings. The third kappa shape index (κ3) is 4.32. The largest absolute Gasteiger partial charge is 0.383 e. The smallest absolute Gasteiger partial charge is 0.311 e. The molecule has 0 amide bonds. The summed E-state index contributed by atoms with van der Waals surface area (Å²) < 4.78 is 10.1. The van der Waals surface area contributed by atoms with Crippen molar-refractivity contribution < 1.29 is 14.4 Å². The number of nitrogens with one attached hydrogen (secondary N) is 1. The molecule has 0 bridgehead atoms. The lowest BCUT2D eigenvalue weighted by molar-refractivity contribution is -0.384. The fourth-order valence-corrected chi connectivity index (χ4v) is 1.68. The van der Waals surface area contributed by atoms with Gasteiger partial charge in [0, 0.05) is 40.4 Å². The predicted octanol–water partition coefficient (Wildman–Crippen LogP) is 1.13. The van der Waals surface area contributed by atoms with Gasteiger partial charge in [-0.25, -0.2) is 4.98 Å². The van der Waals surface area contributed by atoms with Gasteiger partial charge in [-0.3, -0.25) is 10.1 Å². The van der Waals surface area contributed by atoms with E-state index in [4.69, 9.17) is 9.47 Å².